The van der Waals surface area contributed by atoms with Crippen molar-refractivity contribution in [1.82, 2.24) is 10.2 Å². The van der Waals surface area contributed by atoms with Gasteiger partial charge in [0, 0.05) is 36.7 Å². The van der Waals surface area contributed by atoms with E-state index in [2.05, 4.69) is 33.1 Å². The van der Waals surface area contributed by atoms with E-state index < -0.39 is 0 Å². The van der Waals surface area contributed by atoms with Crippen molar-refractivity contribution in [3.8, 4) is 0 Å². The largest absolute Gasteiger partial charge is 0.314 e. The molecule has 1 aliphatic heterocycles. The predicted octanol–water partition coefficient (Wildman–Crippen LogP) is 3.37. The molecular weight excluding hydrogens is 319 g/mol. The van der Waals surface area contributed by atoms with Crippen LogP contribution in [-0.4, -0.2) is 31.1 Å². The lowest BCUT2D eigenvalue weighted by Crippen LogP contribution is -2.45. The molecule has 1 aliphatic rings. The quantitative estimate of drug-likeness (QED) is 0.910. The van der Waals surface area contributed by atoms with Crippen LogP contribution in [0.1, 0.15) is 24.9 Å². The van der Waals surface area contributed by atoms with Gasteiger partial charge in [0.15, 0.2) is 0 Å². The van der Waals surface area contributed by atoms with E-state index in [1.165, 1.54) is 6.07 Å². The first kappa shape index (κ1) is 15.9. The Balaban J connectivity index is 0.00000162. The van der Waals surface area contributed by atoms with Crippen molar-refractivity contribution in [1.29, 1.82) is 0 Å². The highest BCUT2D eigenvalue weighted by Gasteiger charge is 2.21. The Morgan fingerprint density at radius 1 is 1.33 bits per heavy atom. The maximum Gasteiger partial charge on any atom is 0.124 e. The number of nitrogens with zero attached hydrogens (tertiary/aromatic N) is 1. The van der Waals surface area contributed by atoms with Crippen molar-refractivity contribution < 1.29 is 4.39 Å². The zero-order valence-electron chi connectivity index (χ0n) is 10.5. The van der Waals surface area contributed by atoms with Crippen molar-refractivity contribution in [2.24, 2.45) is 0 Å². The van der Waals surface area contributed by atoms with Gasteiger partial charge in [-0.3, -0.25) is 4.90 Å². The summed E-state index contributed by atoms with van der Waals surface area (Å²) >= 11 is 3.36. The summed E-state index contributed by atoms with van der Waals surface area (Å²) in [5.74, 6) is -0.164. The van der Waals surface area contributed by atoms with Crippen LogP contribution in [0.25, 0.3) is 0 Å². The second-order valence-corrected chi connectivity index (χ2v) is 5.33. The first-order valence-corrected chi connectivity index (χ1v) is 6.90. The standard InChI is InChI=1S/C13H18BrFN2.ClH/c1-2-13(17-5-3-16-4-6-17)10-7-11(14)9-12(15)8-10;/h7-9,13,16H,2-6H2,1H3;1H/t13-;/m0./s1. The van der Waals surface area contributed by atoms with E-state index in [-0.39, 0.29) is 18.2 Å². The molecule has 0 bridgehead atoms. The Morgan fingerprint density at radius 2 is 2.00 bits per heavy atom. The molecule has 0 radical (unpaired) electrons. The maximum absolute atomic E-state index is 13.4. The fourth-order valence-electron chi connectivity index (χ4n) is 2.47. The molecule has 5 heteroatoms. The third kappa shape index (κ3) is 3.92. The highest BCUT2D eigenvalue weighted by molar-refractivity contribution is 9.10. The first-order chi connectivity index (χ1) is 8.20. The fourth-order valence-corrected chi connectivity index (χ4v) is 2.95. The van der Waals surface area contributed by atoms with E-state index in [1.807, 2.05) is 6.07 Å². The molecule has 1 aromatic rings. The molecule has 0 spiro atoms. The van der Waals surface area contributed by atoms with Gasteiger partial charge in [-0.1, -0.05) is 22.9 Å². The molecule has 1 N–H and O–H groups in total. The van der Waals surface area contributed by atoms with Gasteiger partial charge in [-0.15, -0.1) is 12.4 Å². The minimum atomic E-state index is -0.164. The fraction of sp³-hybridized carbons (Fsp3) is 0.538. The van der Waals surface area contributed by atoms with Gasteiger partial charge in [0.1, 0.15) is 5.82 Å². The Bertz CT molecular complexity index is 363. The molecule has 102 valence electrons. The lowest BCUT2D eigenvalue weighted by atomic mass is 10.0. The van der Waals surface area contributed by atoms with Gasteiger partial charge in [-0.05, 0) is 30.2 Å². The van der Waals surface area contributed by atoms with Crippen LogP contribution in [0.3, 0.4) is 0 Å². The smallest absolute Gasteiger partial charge is 0.124 e. The number of halogens is 3. The third-order valence-corrected chi connectivity index (χ3v) is 3.71. The lowest BCUT2D eigenvalue weighted by molar-refractivity contribution is 0.169. The average Bonchev–Trinajstić information content (AvgIpc) is 2.30. The molecule has 0 aliphatic carbocycles. The van der Waals surface area contributed by atoms with Crippen molar-refractivity contribution in [2.45, 2.75) is 19.4 Å². The molecule has 1 saturated heterocycles. The Morgan fingerprint density at radius 3 is 2.56 bits per heavy atom. The normalized spacial score (nSPS) is 18.2. The van der Waals surface area contributed by atoms with Crippen molar-refractivity contribution in [2.75, 3.05) is 26.2 Å². The van der Waals surface area contributed by atoms with Crippen molar-refractivity contribution in [3.05, 3.63) is 34.1 Å². The van der Waals surface area contributed by atoms with Crippen LogP contribution in [0, 0.1) is 5.82 Å². The van der Waals surface area contributed by atoms with E-state index in [9.17, 15) is 4.39 Å². The van der Waals surface area contributed by atoms with Gasteiger partial charge in [0.05, 0.1) is 0 Å². The number of hydrogen-bond donors (Lipinski definition) is 1. The summed E-state index contributed by atoms with van der Waals surface area (Å²) in [7, 11) is 0. The number of benzene rings is 1. The summed E-state index contributed by atoms with van der Waals surface area (Å²) in [6.45, 7) is 6.27. The van der Waals surface area contributed by atoms with Gasteiger partial charge in [-0.2, -0.15) is 0 Å². The molecule has 0 aromatic heterocycles. The lowest BCUT2D eigenvalue weighted by Gasteiger charge is -2.34. The number of nitrogens with one attached hydrogen (secondary N) is 1. The van der Waals surface area contributed by atoms with Gasteiger partial charge in [-0.25, -0.2) is 4.39 Å². The second-order valence-electron chi connectivity index (χ2n) is 4.41. The Kier molecular flexibility index (Phi) is 6.57. The molecule has 2 nitrogen and oxygen atoms in total. The second kappa shape index (κ2) is 7.43. The number of rotatable bonds is 3. The van der Waals surface area contributed by atoms with E-state index >= 15 is 0 Å². The summed E-state index contributed by atoms with van der Waals surface area (Å²) < 4.78 is 14.3. The monoisotopic (exact) mass is 336 g/mol. The number of piperazine rings is 1. The van der Waals surface area contributed by atoms with E-state index in [0.29, 0.717) is 6.04 Å². The topological polar surface area (TPSA) is 15.3 Å². The van der Waals surface area contributed by atoms with E-state index in [1.54, 1.807) is 6.07 Å². The Labute approximate surface area is 122 Å². The summed E-state index contributed by atoms with van der Waals surface area (Å²) in [6.07, 6.45) is 1.01. The molecule has 0 unspecified atom stereocenters. The van der Waals surface area contributed by atoms with E-state index in [4.69, 9.17) is 0 Å². The highest BCUT2D eigenvalue weighted by Crippen LogP contribution is 2.27. The molecule has 1 fully saturated rings. The van der Waals surface area contributed by atoms with Crippen LogP contribution in [0.2, 0.25) is 0 Å². The average molecular weight is 338 g/mol. The van der Waals surface area contributed by atoms with Gasteiger partial charge < -0.3 is 5.32 Å². The zero-order valence-corrected chi connectivity index (χ0v) is 12.9. The number of hydrogen-bond acceptors (Lipinski definition) is 2. The van der Waals surface area contributed by atoms with Crippen LogP contribution in [0.15, 0.2) is 22.7 Å². The van der Waals surface area contributed by atoms with Gasteiger partial charge in [0.25, 0.3) is 0 Å². The van der Waals surface area contributed by atoms with Crippen LogP contribution in [0.5, 0.6) is 0 Å². The van der Waals surface area contributed by atoms with Gasteiger partial charge >= 0.3 is 0 Å². The first-order valence-electron chi connectivity index (χ1n) is 6.11. The summed E-state index contributed by atoms with van der Waals surface area (Å²) in [5.41, 5.74) is 1.07. The van der Waals surface area contributed by atoms with Crippen molar-refractivity contribution in [3.63, 3.8) is 0 Å². The minimum Gasteiger partial charge on any atom is -0.314 e. The highest BCUT2D eigenvalue weighted by atomic mass is 79.9. The minimum absolute atomic E-state index is 0. The molecule has 0 amide bonds. The maximum atomic E-state index is 13.4. The van der Waals surface area contributed by atoms with Crippen LogP contribution in [0.4, 0.5) is 4.39 Å². The van der Waals surface area contributed by atoms with Crippen LogP contribution >= 0.6 is 28.3 Å². The summed E-state index contributed by atoms with van der Waals surface area (Å²) in [5, 5.41) is 3.34. The molecule has 18 heavy (non-hydrogen) atoms. The van der Waals surface area contributed by atoms with Gasteiger partial charge in [0.2, 0.25) is 0 Å². The third-order valence-electron chi connectivity index (χ3n) is 3.25. The molecule has 1 atom stereocenters. The zero-order chi connectivity index (χ0) is 12.3. The molecule has 0 saturated carbocycles. The molecular formula is C13H19BrClFN2. The van der Waals surface area contributed by atoms with Crippen molar-refractivity contribution >= 4 is 28.3 Å². The van der Waals surface area contributed by atoms with Crippen LogP contribution < -0.4 is 5.32 Å². The Hall–Kier alpha value is -0.160. The van der Waals surface area contributed by atoms with Crippen LogP contribution in [-0.2, 0) is 0 Å². The van der Waals surface area contributed by atoms with E-state index in [0.717, 1.165) is 42.6 Å². The SMILES string of the molecule is CC[C@@H](c1cc(F)cc(Br)c1)N1CCNCC1.Cl. The summed E-state index contributed by atoms with van der Waals surface area (Å²) in [4.78, 5) is 2.43. The molecule has 2 rings (SSSR count). The molecule has 1 heterocycles. The summed E-state index contributed by atoms with van der Waals surface area (Å²) in [6, 6.07) is 5.51. The predicted molar refractivity (Wildman–Crippen MR) is 78.8 cm³/mol. The molecule has 1 aromatic carbocycles.